The lowest BCUT2D eigenvalue weighted by atomic mass is 9.77. The maximum Gasteiger partial charge on any atom is 0.312 e. The van der Waals surface area contributed by atoms with Crippen LogP contribution in [-0.2, 0) is 26.2 Å². The third-order valence-electron chi connectivity index (χ3n) is 6.96. The molecule has 0 saturated heterocycles. The first-order valence-electron chi connectivity index (χ1n) is 13.9. The van der Waals surface area contributed by atoms with Gasteiger partial charge in [0.25, 0.3) is 0 Å². The van der Waals surface area contributed by atoms with E-state index >= 15 is 0 Å². The summed E-state index contributed by atoms with van der Waals surface area (Å²) in [4.78, 5) is 26.0. The number of unbranched alkanes of at least 4 members (excludes halogenated alkanes) is 1. The van der Waals surface area contributed by atoms with E-state index in [1.165, 1.54) is 11.1 Å². The number of aliphatic hydroxyl groups is 1. The second-order valence-electron chi connectivity index (χ2n) is 13.3. The normalized spacial score (nSPS) is 16.6. The summed E-state index contributed by atoms with van der Waals surface area (Å²) < 4.78 is 5.72. The molecule has 4 N–H and O–H groups in total. The molecule has 1 amide bonds. The van der Waals surface area contributed by atoms with Gasteiger partial charge in [0.2, 0.25) is 5.91 Å². The summed E-state index contributed by atoms with van der Waals surface area (Å²) in [5.74, 6) is -1.14. The number of nitrogens with one attached hydrogen (secondary N) is 1. The Morgan fingerprint density at radius 1 is 1.03 bits per heavy atom. The lowest BCUT2D eigenvalue weighted by Crippen LogP contribution is -2.55. The Morgan fingerprint density at radius 2 is 1.59 bits per heavy atom. The zero-order chi connectivity index (χ0) is 28.6. The van der Waals surface area contributed by atoms with Crippen molar-refractivity contribution in [3.63, 3.8) is 0 Å². The van der Waals surface area contributed by atoms with Crippen molar-refractivity contribution >= 4 is 11.9 Å². The Hall–Kier alpha value is -1.92. The maximum absolute atomic E-state index is 13.3. The van der Waals surface area contributed by atoms with Gasteiger partial charge < -0.3 is 20.9 Å². The van der Waals surface area contributed by atoms with Gasteiger partial charge in [-0.1, -0.05) is 72.2 Å². The first-order chi connectivity index (χ1) is 16.9. The van der Waals surface area contributed by atoms with Gasteiger partial charge in [-0.25, -0.2) is 0 Å². The molecule has 0 aliphatic carbocycles. The number of hydrogen-bond donors (Lipinski definition) is 3. The van der Waals surface area contributed by atoms with Gasteiger partial charge in [0.1, 0.15) is 5.60 Å². The molecule has 212 valence electrons. The molecule has 0 saturated carbocycles. The molecule has 1 aromatic carbocycles. The van der Waals surface area contributed by atoms with E-state index in [0.717, 1.165) is 19.3 Å². The van der Waals surface area contributed by atoms with E-state index in [1.54, 1.807) is 6.92 Å². The van der Waals surface area contributed by atoms with Crippen LogP contribution in [0.5, 0.6) is 0 Å². The van der Waals surface area contributed by atoms with Crippen LogP contribution in [0.25, 0.3) is 0 Å². The van der Waals surface area contributed by atoms with Gasteiger partial charge in [-0.05, 0) is 75.3 Å². The van der Waals surface area contributed by atoms with Crippen molar-refractivity contribution < 1.29 is 19.4 Å². The summed E-state index contributed by atoms with van der Waals surface area (Å²) in [6.45, 7) is 20.5. The molecule has 0 aliphatic heterocycles. The number of benzene rings is 1. The predicted octanol–water partition coefficient (Wildman–Crippen LogP) is 5.53. The number of aliphatic hydroxyl groups excluding tert-OH is 1. The lowest BCUT2D eigenvalue weighted by molar-refractivity contribution is -0.166. The molecule has 0 heterocycles. The average molecular weight is 519 g/mol. The molecule has 0 aromatic heterocycles. The van der Waals surface area contributed by atoms with Gasteiger partial charge in [0.15, 0.2) is 0 Å². The first-order valence-corrected chi connectivity index (χ1v) is 13.9. The van der Waals surface area contributed by atoms with E-state index < -0.39 is 29.1 Å². The van der Waals surface area contributed by atoms with Crippen LogP contribution in [0, 0.1) is 17.8 Å². The fourth-order valence-electron chi connectivity index (χ4n) is 4.40. The Morgan fingerprint density at radius 3 is 2.05 bits per heavy atom. The van der Waals surface area contributed by atoms with Crippen LogP contribution < -0.4 is 11.1 Å². The predicted molar refractivity (Wildman–Crippen MR) is 152 cm³/mol. The highest BCUT2D eigenvalue weighted by atomic mass is 16.6. The number of amides is 1. The smallest absolute Gasteiger partial charge is 0.312 e. The number of esters is 1. The van der Waals surface area contributed by atoms with E-state index in [1.807, 2.05) is 27.7 Å². The minimum Gasteiger partial charge on any atom is -0.460 e. The minimum atomic E-state index is -1.30. The minimum absolute atomic E-state index is 0.0278. The van der Waals surface area contributed by atoms with Crippen molar-refractivity contribution in [2.45, 2.75) is 124 Å². The summed E-state index contributed by atoms with van der Waals surface area (Å²) in [5, 5.41) is 14.1. The van der Waals surface area contributed by atoms with Crippen LogP contribution in [0.3, 0.4) is 0 Å². The molecular formula is C31H54N2O4. The van der Waals surface area contributed by atoms with Crippen LogP contribution in [0.4, 0.5) is 0 Å². The summed E-state index contributed by atoms with van der Waals surface area (Å²) >= 11 is 0. The number of rotatable bonds is 13. The Labute approximate surface area is 226 Å². The molecule has 0 radical (unpaired) electrons. The van der Waals surface area contributed by atoms with Crippen molar-refractivity contribution in [3.05, 3.63) is 35.4 Å². The first kappa shape index (κ1) is 33.1. The van der Waals surface area contributed by atoms with Gasteiger partial charge in [0, 0.05) is 13.0 Å². The van der Waals surface area contributed by atoms with Gasteiger partial charge in [-0.3, -0.25) is 9.59 Å². The Balaban J connectivity index is 3.14. The third-order valence-corrected chi connectivity index (χ3v) is 6.96. The molecule has 1 aromatic rings. The number of carbonyl (C=O) groups excluding carboxylic acids is 2. The second kappa shape index (κ2) is 13.7. The van der Waals surface area contributed by atoms with E-state index in [0.29, 0.717) is 13.0 Å². The molecule has 0 aliphatic rings. The highest BCUT2D eigenvalue weighted by molar-refractivity contribution is 5.85. The van der Waals surface area contributed by atoms with Crippen molar-refractivity contribution in [1.82, 2.24) is 5.32 Å². The number of hydrogen-bond acceptors (Lipinski definition) is 5. The third kappa shape index (κ3) is 11.6. The van der Waals surface area contributed by atoms with Crippen molar-refractivity contribution in [2.24, 2.45) is 23.5 Å². The Bertz CT molecular complexity index is 847. The number of nitrogens with two attached hydrogens (primary N) is 1. The molecule has 0 bridgehead atoms. The quantitative estimate of drug-likeness (QED) is 0.235. The van der Waals surface area contributed by atoms with Crippen molar-refractivity contribution in [2.75, 3.05) is 6.54 Å². The van der Waals surface area contributed by atoms with Crippen LogP contribution in [-0.4, -0.2) is 40.8 Å². The molecule has 1 rings (SSSR count). The van der Waals surface area contributed by atoms with Crippen molar-refractivity contribution in [1.29, 1.82) is 0 Å². The SMILES string of the molecule is CCCCNC(=O)C(C)(N)C[C@H](O)[C@H](C[C@@H](Cc1ccc(C(C)(C)C)cc1)C(C)C)C(=O)OC(C)(C)C. The maximum atomic E-state index is 13.3. The number of carbonyl (C=O) groups is 2. The van der Waals surface area contributed by atoms with Crippen LogP contribution in [0.2, 0.25) is 0 Å². The topological polar surface area (TPSA) is 102 Å². The van der Waals surface area contributed by atoms with Gasteiger partial charge >= 0.3 is 5.97 Å². The average Bonchev–Trinajstić information content (AvgIpc) is 2.74. The lowest BCUT2D eigenvalue weighted by Gasteiger charge is -2.34. The standard InChI is InChI=1S/C31H54N2O4/c1-11-12-17-33-28(36)31(10,32)20-26(34)25(27(35)37-30(7,8)9)19-23(21(2)3)18-22-13-15-24(16-14-22)29(4,5)6/h13-16,21,23,25-26,34H,11-12,17-20,32H2,1-10H3,(H,33,36)/t23-,25+,26+,31?/m1/s1. The highest BCUT2D eigenvalue weighted by Gasteiger charge is 2.39. The molecule has 4 atom stereocenters. The largest absolute Gasteiger partial charge is 0.460 e. The van der Waals surface area contributed by atoms with Gasteiger partial charge in [-0.15, -0.1) is 0 Å². The molecule has 6 nitrogen and oxygen atoms in total. The van der Waals surface area contributed by atoms with E-state index in [2.05, 4.69) is 64.2 Å². The number of ether oxygens (including phenoxy) is 1. The second-order valence-corrected chi connectivity index (χ2v) is 13.3. The van der Waals surface area contributed by atoms with Crippen LogP contribution in [0.15, 0.2) is 24.3 Å². The van der Waals surface area contributed by atoms with E-state index in [-0.39, 0.29) is 29.6 Å². The van der Waals surface area contributed by atoms with Crippen LogP contribution in [0.1, 0.15) is 106 Å². The fourth-order valence-corrected chi connectivity index (χ4v) is 4.40. The zero-order valence-corrected chi connectivity index (χ0v) is 25.1. The molecule has 37 heavy (non-hydrogen) atoms. The molecule has 1 unspecified atom stereocenters. The van der Waals surface area contributed by atoms with Crippen molar-refractivity contribution in [3.8, 4) is 0 Å². The Kier molecular flexibility index (Phi) is 12.3. The van der Waals surface area contributed by atoms with Crippen LogP contribution >= 0.6 is 0 Å². The molecular weight excluding hydrogens is 464 g/mol. The summed E-state index contributed by atoms with van der Waals surface area (Å²) in [5.41, 5.74) is 6.92. The fraction of sp³-hybridized carbons (Fsp3) is 0.742. The summed E-state index contributed by atoms with van der Waals surface area (Å²) in [6.07, 6.45) is 1.91. The monoisotopic (exact) mass is 518 g/mol. The molecule has 0 spiro atoms. The summed E-state index contributed by atoms with van der Waals surface area (Å²) in [7, 11) is 0. The van der Waals surface area contributed by atoms with E-state index in [9.17, 15) is 14.7 Å². The summed E-state index contributed by atoms with van der Waals surface area (Å²) in [6, 6.07) is 8.66. The highest BCUT2D eigenvalue weighted by Crippen LogP contribution is 2.31. The van der Waals surface area contributed by atoms with Gasteiger partial charge in [-0.2, -0.15) is 0 Å². The molecule has 0 fully saturated rings. The molecule has 6 heteroatoms. The zero-order valence-electron chi connectivity index (χ0n) is 25.1. The van der Waals surface area contributed by atoms with E-state index in [4.69, 9.17) is 10.5 Å². The van der Waals surface area contributed by atoms with Gasteiger partial charge in [0.05, 0.1) is 17.6 Å².